The molecule has 0 saturated heterocycles. The lowest BCUT2D eigenvalue weighted by Gasteiger charge is -2.16. The molecular weight excluding hydrogens is 250 g/mol. The zero-order chi connectivity index (χ0) is 14.5. The lowest BCUT2D eigenvalue weighted by molar-refractivity contribution is 0.326. The Morgan fingerprint density at radius 2 is 2.05 bits per heavy atom. The smallest absolute Gasteiger partial charge is 0.0991 e. The third-order valence-corrected chi connectivity index (χ3v) is 3.32. The fourth-order valence-electron chi connectivity index (χ4n) is 2.17. The summed E-state index contributed by atoms with van der Waals surface area (Å²) in [7, 11) is 3.99. The van der Waals surface area contributed by atoms with Gasteiger partial charge >= 0.3 is 0 Å². The highest BCUT2D eigenvalue weighted by molar-refractivity contribution is 5.66. The Balaban J connectivity index is 2.30. The predicted molar refractivity (Wildman–Crippen MR) is 78.7 cm³/mol. The second-order valence-electron chi connectivity index (χ2n) is 4.84. The van der Waals surface area contributed by atoms with Gasteiger partial charge in [0.25, 0.3) is 0 Å². The number of nitrogens with zero attached hydrogens (tertiary/aromatic N) is 4. The van der Waals surface area contributed by atoms with Crippen molar-refractivity contribution < 1.29 is 0 Å². The summed E-state index contributed by atoms with van der Waals surface area (Å²) in [5, 5.41) is 13.2. The summed E-state index contributed by atoms with van der Waals surface area (Å²) >= 11 is 0. The van der Waals surface area contributed by atoms with Crippen molar-refractivity contribution in [3.8, 4) is 17.2 Å². The molecule has 2 rings (SSSR count). The van der Waals surface area contributed by atoms with Gasteiger partial charge in [0, 0.05) is 32.2 Å². The van der Waals surface area contributed by atoms with Gasteiger partial charge in [-0.25, -0.2) is 0 Å². The molecule has 0 atom stereocenters. The Morgan fingerprint density at radius 3 is 2.65 bits per heavy atom. The van der Waals surface area contributed by atoms with Crippen molar-refractivity contribution in [2.75, 3.05) is 20.1 Å². The molecule has 104 valence electrons. The van der Waals surface area contributed by atoms with E-state index in [1.807, 2.05) is 49.2 Å². The third-order valence-electron chi connectivity index (χ3n) is 3.32. The van der Waals surface area contributed by atoms with E-state index in [0.29, 0.717) is 12.1 Å². The molecule has 0 aliphatic rings. The van der Waals surface area contributed by atoms with Gasteiger partial charge in [-0.1, -0.05) is 12.1 Å². The summed E-state index contributed by atoms with van der Waals surface area (Å²) in [6.45, 7) is 2.28. The van der Waals surface area contributed by atoms with Crippen molar-refractivity contribution in [1.82, 2.24) is 14.7 Å². The van der Waals surface area contributed by atoms with E-state index in [2.05, 4.69) is 16.1 Å². The first-order valence-corrected chi connectivity index (χ1v) is 6.55. The molecule has 1 aromatic carbocycles. The quantitative estimate of drug-likeness (QED) is 0.889. The molecule has 0 radical (unpaired) electrons. The van der Waals surface area contributed by atoms with Crippen LogP contribution in [0.1, 0.15) is 11.3 Å². The molecule has 0 spiro atoms. The molecule has 20 heavy (non-hydrogen) atoms. The van der Waals surface area contributed by atoms with Crippen LogP contribution < -0.4 is 5.73 Å². The van der Waals surface area contributed by atoms with Crippen LogP contribution in [0, 0.1) is 11.3 Å². The average Bonchev–Trinajstić information content (AvgIpc) is 2.81. The van der Waals surface area contributed by atoms with Gasteiger partial charge in [-0.2, -0.15) is 10.4 Å². The fraction of sp³-hybridized carbons (Fsp3) is 0.333. The van der Waals surface area contributed by atoms with Crippen molar-refractivity contribution in [2.24, 2.45) is 12.8 Å². The maximum atomic E-state index is 8.85. The van der Waals surface area contributed by atoms with Gasteiger partial charge in [-0.3, -0.25) is 9.58 Å². The van der Waals surface area contributed by atoms with E-state index in [4.69, 9.17) is 11.0 Å². The van der Waals surface area contributed by atoms with Crippen molar-refractivity contribution in [2.45, 2.75) is 6.54 Å². The van der Waals surface area contributed by atoms with Crippen molar-refractivity contribution >= 4 is 0 Å². The van der Waals surface area contributed by atoms with E-state index in [9.17, 15) is 0 Å². The van der Waals surface area contributed by atoms with Gasteiger partial charge < -0.3 is 5.73 Å². The second-order valence-corrected chi connectivity index (χ2v) is 4.84. The second kappa shape index (κ2) is 6.33. The molecule has 1 heterocycles. The van der Waals surface area contributed by atoms with E-state index >= 15 is 0 Å². The van der Waals surface area contributed by atoms with Crippen molar-refractivity contribution in [3.63, 3.8) is 0 Å². The molecule has 0 fully saturated rings. The van der Waals surface area contributed by atoms with Gasteiger partial charge in [0.05, 0.1) is 23.5 Å². The number of benzene rings is 1. The number of aromatic nitrogens is 2. The lowest BCUT2D eigenvalue weighted by atomic mass is 10.0. The normalized spacial score (nSPS) is 10.8. The summed E-state index contributed by atoms with van der Waals surface area (Å²) in [5.74, 6) is 0. The average molecular weight is 269 g/mol. The Hall–Kier alpha value is -2.16. The Labute approximate surface area is 119 Å². The van der Waals surface area contributed by atoms with Crippen LogP contribution in [0.25, 0.3) is 11.1 Å². The molecule has 5 heteroatoms. The minimum atomic E-state index is 0.639. The van der Waals surface area contributed by atoms with E-state index < -0.39 is 0 Å². The first-order valence-electron chi connectivity index (χ1n) is 6.55. The molecule has 5 nitrogen and oxygen atoms in total. The highest BCUT2D eigenvalue weighted by atomic mass is 15.3. The zero-order valence-corrected chi connectivity index (χ0v) is 11.9. The molecule has 0 unspecified atom stereocenters. The molecule has 1 aromatic heterocycles. The first-order chi connectivity index (χ1) is 9.65. The molecule has 0 aliphatic carbocycles. The van der Waals surface area contributed by atoms with E-state index in [0.717, 1.165) is 29.9 Å². The summed E-state index contributed by atoms with van der Waals surface area (Å²) in [6, 6.07) is 9.71. The number of nitrogens with two attached hydrogens (primary N) is 1. The maximum Gasteiger partial charge on any atom is 0.0991 e. The lowest BCUT2D eigenvalue weighted by Crippen LogP contribution is -2.26. The standard InChI is InChI=1S/C15H19N5/c1-19(8-7-16)11-15-14(10-18-20(15)2)13-5-3-12(9-17)4-6-13/h3-6,10H,7-8,11,16H2,1-2H3. The van der Waals surface area contributed by atoms with Crippen LogP contribution in [0.15, 0.2) is 30.5 Å². The van der Waals surface area contributed by atoms with Gasteiger partial charge in [-0.05, 0) is 24.7 Å². The Kier molecular flexibility index (Phi) is 4.51. The predicted octanol–water partition coefficient (Wildman–Crippen LogP) is 1.35. The van der Waals surface area contributed by atoms with Crippen LogP contribution in [-0.4, -0.2) is 34.8 Å². The van der Waals surface area contributed by atoms with Crippen molar-refractivity contribution in [1.29, 1.82) is 5.26 Å². The molecule has 0 bridgehead atoms. The van der Waals surface area contributed by atoms with Crippen LogP contribution in [0.4, 0.5) is 0 Å². The Morgan fingerprint density at radius 1 is 1.35 bits per heavy atom. The molecule has 0 amide bonds. The number of likely N-dealkylation sites (N-methyl/N-ethyl adjacent to an activating group) is 1. The minimum absolute atomic E-state index is 0.639. The number of rotatable bonds is 5. The summed E-state index contributed by atoms with van der Waals surface area (Å²) in [6.07, 6.45) is 1.87. The van der Waals surface area contributed by atoms with E-state index in [1.54, 1.807) is 0 Å². The molecular formula is C15H19N5. The largest absolute Gasteiger partial charge is 0.329 e. The van der Waals surface area contributed by atoms with Crippen LogP contribution in [0.5, 0.6) is 0 Å². The minimum Gasteiger partial charge on any atom is -0.329 e. The fourth-order valence-corrected chi connectivity index (χ4v) is 2.17. The molecule has 2 aromatic rings. The molecule has 0 aliphatic heterocycles. The zero-order valence-electron chi connectivity index (χ0n) is 11.9. The number of aryl methyl sites for hydroxylation is 1. The Bertz CT molecular complexity index is 606. The van der Waals surface area contributed by atoms with Gasteiger partial charge in [0.1, 0.15) is 0 Å². The number of hydrogen-bond donors (Lipinski definition) is 1. The van der Waals surface area contributed by atoms with Gasteiger partial charge in [0.2, 0.25) is 0 Å². The highest BCUT2D eigenvalue weighted by Gasteiger charge is 2.12. The highest BCUT2D eigenvalue weighted by Crippen LogP contribution is 2.24. The number of hydrogen-bond acceptors (Lipinski definition) is 4. The van der Waals surface area contributed by atoms with E-state index in [1.165, 1.54) is 0 Å². The summed E-state index contributed by atoms with van der Waals surface area (Å²) < 4.78 is 1.89. The topological polar surface area (TPSA) is 70.9 Å². The van der Waals surface area contributed by atoms with Gasteiger partial charge in [0.15, 0.2) is 0 Å². The number of nitriles is 1. The summed E-state index contributed by atoms with van der Waals surface area (Å²) in [4.78, 5) is 2.17. The van der Waals surface area contributed by atoms with Gasteiger partial charge in [-0.15, -0.1) is 0 Å². The van der Waals surface area contributed by atoms with Crippen LogP contribution >= 0.6 is 0 Å². The maximum absolute atomic E-state index is 8.85. The van der Waals surface area contributed by atoms with Crippen molar-refractivity contribution in [3.05, 3.63) is 41.7 Å². The third kappa shape index (κ3) is 3.05. The van der Waals surface area contributed by atoms with Crippen LogP contribution in [0.2, 0.25) is 0 Å². The summed E-state index contributed by atoms with van der Waals surface area (Å²) in [5.41, 5.74) is 9.57. The monoisotopic (exact) mass is 269 g/mol. The van der Waals surface area contributed by atoms with Crippen LogP contribution in [0.3, 0.4) is 0 Å². The molecule has 2 N–H and O–H groups in total. The van der Waals surface area contributed by atoms with Crippen LogP contribution in [-0.2, 0) is 13.6 Å². The van der Waals surface area contributed by atoms with E-state index in [-0.39, 0.29) is 0 Å². The molecule has 0 saturated carbocycles. The first kappa shape index (κ1) is 14.3. The SMILES string of the molecule is CN(CCN)Cc1c(-c2ccc(C#N)cc2)cnn1C.